The largest absolute Gasteiger partial charge is 0.244 e. The van der Waals surface area contributed by atoms with Crippen LogP contribution < -0.4 is 32.8 Å². The predicted molar refractivity (Wildman–Crippen MR) is 257 cm³/mol. The third kappa shape index (κ3) is 4.07. The van der Waals surface area contributed by atoms with Crippen LogP contribution in [0.5, 0.6) is 0 Å². The SMILES string of the molecule is CC(C)(C)c1cc2c3c(c1)-c1cc(I)c4cc5c6c(cc(-c7ccccc7)c7cc(c1c4c76)B3c1ccccc1-2)-c1cc(C(C)(C)C)cc2c1B5c1ccccc1-2. The molecular weight excluding hydrogens is 797 g/mol. The van der Waals surface area contributed by atoms with Crippen molar-refractivity contribution < 1.29 is 0 Å². The maximum atomic E-state index is 2.68. The van der Waals surface area contributed by atoms with Gasteiger partial charge in [-0.05, 0) is 145 Å². The minimum Gasteiger partial charge on any atom is -0.0664 e. The Bertz CT molecular complexity index is 3320. The molecule has 0 nitrogen and oxygen atoms in total. The summed E-state index contributed by atoms with van der Waals surface area (Å²) in [4.78, 5) is 0. The number of halogens is 1. The normalized spacial score (nSPS) is 14.2. The molecule has 0 unspecified atom stereocenters. The Morgan fingerprint density at radius 3 is 1.33 bits per heavy atom. The Morgan fingerprint density at radius 1 is 0.368 bits per heavy atom. The zero-order valence-electron chi connectivity index (χ0n) is 33.2. The molecule has 9 aromatic rings. The number of rotatable bonds is 1. The minimum absolute atomic E-state index is 0.0114. The van der Waals surface area contributed by atoms with Gasteiger partial charge in [-0.1, -0.05) is 190 Å². The van der Waals surface area contributed by atoms with Crippen molar-refractivity contribution in [3.63, 3.8) is 0 Å². The lowest BCUT2D eigenvalue weighted by Crippen LogP contribution is -2.53. The summed E-state index contributed by atoms with van der Waals surface area (Å²) in [6.45, 7) is 14.6. The van der Waals surface area contributed by atoms with Crippen molar-refractivity contribution in [1.82, 2.24) is 0 Å². The van der Waals surface area contributed by atoms with Crippen LogP contribution in [0.1, 0.15) is 52.7 Å². The number of hydrogen-bond donors (Lipinski definition) is 0. The quantitative estimate of drug-likeness (QED) is 0.0878. The van der Waals surface area contributed by atoms with Crippen molar-refractivity contribution in [2.75, 3.05) is 0 Å². The Morgan fingerprint density at radius 2 is 0.807 bits per heavy atom. The first-order chi connectivity index (χ1) is 27.5. The minimum atomic E-state index is 0.0114. The molecule has 0 saturated carbocycles. The number of hydrogen-bond acceptors (Lipinski definition) is 0. The summed E-state index contributed by atoms with van der Waals surface area (Å²) in [6.07, 6.45) is 0. The van der Waals surface area contributed by atoms with Crippen LogP contribution in [0.4, 0.5) is 0 Å². The molecule has 0 aliphatic carbocycles. The molecule has 4 aliphatic rings. The molecular formula is C54H39B2I. The fourth-order valence-corrected chi connectivity index (χ4v) is 12.3. The van der Waals surface area contributed by atoms with E-state index in [0.29, 0.717) is 0 Å². The van der Waals surface area contributed by atoms with Crippen LogP contribution in [0.15, 0.2) is 127 Å². The topological polar surface area (TPSA) is 0 Å². The summed E-state index contributed by atoms with van der Waals surface area (Å²) < 4.78 is 1.34. The lowest BCUT2D eigenvalue weighted by Gasteiger charge is -2.33. The van der Waals surface area contributed by atoms with E-state index in [-0.39, 0.29) is 24.3 Å². The van der Waals surface area contributed by atoms with Crippen molar-refractivity contribution in [2.24, 2.45) is 0 Å². The molecule has 0 amide bonds. The molecule has 0 fully saturated rings. The maximum absolute atomic E-state index is 2.68. The molecule has 0 atom stereocenters. The lowest BCUT2D eigenvalue weighted by molar-refractivity contribution is 0.590. The molecule has 13 rings (SSSR count). The second-order valence-electron chi connectivity index (χ2n) is 19.3. The second kappa shape index (κ2) is 10.7. The molecule has 0 bridgehead atoms. The number of fused-ring (bicyclic) bond motifs is 10. The van der Waals surface area contributed by atoms with Gasteiger partial charge in [-0.3, -0.25) is 0 Å². The van der Waals surface area contributed by atoms with Gasteiger partial charge in [0.05, 0.1) is 0 Å². The Hall–Kier alpha value is -5.12. The highest BCUT2D eigenvalue weighted by molar-refractivity contribution is 14.1. The van der Waals surface area contributed by atoms with Crippen LogP contribution in [0, 0.1) is 3.57 Å². The van der Waals surface area contributed by atoms with Crippen molar-refractivity contribution in [3.8, 4) is 55.6 Å². The zero-order valence-corrected chi connectivity index (χ0v) is 35.3. The highest BCUT2D eigenvalue weighted by atomic mass is 127. The van der Waals surface area contributed by atoms with Crippen LogP contribution in [-0.2, 0) is 10.8 Å². The van der Waals surface area contributed by atoms with Crippen molar-refractivity contribution >= 4 is 101 Å². The first-order valence-corrected chi connectivity index (χ1v) is 21.7. The summed E-state index contributed by atoms with van der Waals surface area (Å²) in [7, 11) is 0. The molecule has 0 radical (unpaired) electrons. The standard InChI is InChI=1S/C54H39B2I/c1-53(2,3)29-20-37-31-16-11-13-19-43(31)56-45-26-41-46(57)27-36-40-23-30(54(4,5)6)21-38-32-17-10-12-18-42(32)55(52(38)40)44-25-35-33(28-14-8-7-9-15-28)24-34(39(22-29)51(37)56)47(45)49(35)50(41)48(36)44/h7-27H,1-6H3. The summed E-state index contributed by atoms with van der Waals surface area (Å²) in [6, 6.07) is 50.3. The summed E-state index contributed by atoms with van der Waals surface area (Å²) in [5, 5.41) is 8.56. The van der Waals surface area contributed by atoms with Gasteiger partial charge in [0.15, 0.2) is 0 Å². The third-order valence-electron chi connectivity index (χ3n) is 14.2. The van der Waals surface area contributed by atoms with Gasteiger partial charge >= 0.3 is 0 Å². The summed E-state index contributed by atoms with van der Waals surface area (Å²) >= 11 is 2.68. The van der Waals surface area contributed by atoms with E-state index in [1.54, 1.807) is 0 Å². The molecule has 57 heavy (non-hydrogen) atoms. The Kier molecular flexibility index (Phi) is 6.17. The zero-order chi connectivity index (χ0) is 38.4. The molecule has 0 aromatic heterocycles. The van der Waals surface area contributed by atoms with Crippen LogP contribution in [0.2, 0.25) is 0 Å². The molecule has 9 aromatic carbocycles. The van der Waals surface area contributed by atoms with Gasteiger partial charge in [0.2, 0.25) is 13.4 Å². The van der Waals surface area contributed by atoms with E-state index in [1.807, 2.05) is 0 Å². The average molecular weight is 836 g/mol. The van der Waals surface area contributed by atoms with Gasteiger partial charge in [0.25, 0.3) is 0 Å². The van der Waals surface area contributed by atoms with Crippen molar-refractivity contribution in [3.05, 3.63) is 142 Å². The molecule has 4 heterocycles. The molecule has 0 N–H and O–H groups in total. The lowest BCUT2D eigenvalue weighted by atomic mass is 9.34. The predicted octanol–water partition coefficient (Wildman–Crippen LogP) is 10.4. The molecule has 0 saturated heterocycles. The van der Waals surface area contributed by atoms with Crippen LogP contribution in [-0.4, -0.2) is 13.4 Å². The summed E-state index contributed by atoms with van der Waals surface area (Å²) in [5.74, 6) is 0. The average Bonchev–Trinajstić information content (AvgIpc) is 3.72. The molecule has 4 aliphatic heterocycles. The molecule has 268 valence electrons. The van der Waals surface area contributed by atoms with Gasteiger partial charge < -0.3 is 0 Å². The molecule has 0 spiro atoms. The second-order valence-corrected chi connectivity index (χ2v) is 20.4. The van der Waals surface area contributed by atoms with E-state index in [9.17, 15) is 0 Å². The highest BCUT2D eigenvalue weighted by Crippen LogP contribution is 2.50. The fourth-order valence-electron chi connectivity index (χ4n) is 11.6. The van der Waals surface area contributed by atoms with E-state index in [1.165, 1.54) is 135 Å². The van der Waals surface area contributed by atoms with Gasteiger partial charge in [-0.15, -0.1) is 0 Å². The van der Waals surface area contributed by atoms with Gasteiger partial charge in [0, 0.05) is 3.57 Å². The van der Waals surface area contributed by atoms with Crippen molar-refractivity contribution in [1.29, 1.82) is 0 Å². The monoisotopic (exact) mass is 836 g/mol. The van der Waals surface area contributed by atoms with Gasteiger partial charge in [-0.25, -0.2) is 0 Å². The Balaban J connectivity index is 1.27. The highest BCUT2D eigenvalue weighted by Gasteiger charge is 2.45. The fraction of sp³-hybridized carbons (Fsp3) is 0.148. The maximum Gasteiger partial charge on any atom is 0.244 e. The summed E-state index contributed by atoms with van der Waals surface area (Å²) in [5.41, 5.74) is 25.5. The Labute approximate surface area is 349 Å². The smallest absolute Gasteiger partial charge is 0.0664 e. The van der Waals surface area contributed by atoms with E-state index < -0.39 is 0 Å². The van der Waals surface area contributed by atoms with Gasteiger partial charge in [0.1, 0.15) is 0 Å². The van der Waals surface area contributed by atoms with E-state index in [2.05, 4.69) is 192 Å². The van der Waals surface area contributed by atoms with Gasteiger partial charge in [-0.2, -0.15) is 0 Å². The van der Waals surface area contributed by atoms with E-state index in [4.69, 9.17) is 0 Å². The van der Waals surface area contributed by atoms with Crippen LogP contribution >= 0.6 is 22.6 Å². The molecule has 3 heteroatoms. The van der Waals surface area contributed by atoms with Crippen molar-refractivity contribution in [2.45, 2.75) is 52.4 Å². The van der Waals surface area contributed by atoms with Crippen LogP contribution in [0.25, 0.3) is 88.0 Å². The van der Waals surface area contributed by atoms with E-state index in [0.717, 1.165) is 0 Å². The number of benzene rings is 9. The first-order valence-electron chi connectivity index (χ1n) is 20.6. The van der Waals surface area contributed by atoms with Crippen LogP contribution in [0.3, 0.4) is 0 Å². The van der Waals surface area contributed by atoms with E-state index >= 15 is 0 Å². The third-order valence-corrected chi connectivity index (χ3v) is 15.1. The first kappa shape index (κ1) is 32.9.